The second kappa shape index (κ2) is 23.0. The smallest absolute Gasteiger partial charge is 0.417 e. The molecule has 0 saturated heterocycles. The van der Waals surface area contributed by atoms with Crippen LogP contribution in [-0.2, 0) is 39.7 Å². The number of carbonyl (C=O) groups is 5. The lowest BCUT2D eigenvalue weighted by Gasteiger charge is -2.38. The Morgan fingerprint density at radius 3 is 1.71 bits per heavy atom. The molecule has 4 amide bonds. The molecule has 2 unspecified atom stereocenters. The number of ether oxygens (including phenoxy) is 1. The second-order valence-corrected chi connectivity index (χ2v) is 21.5. The van der Waals surface area contributed by atoms with Gasteiger partial charge in [-0.2, -0.15) is 26.3 Å². The normalized spacial score (nSPS) is 19.1. The first-order chi connectivity index (χ1) is 32.6. The van der Waals surface area contributed by atoms with Gasteiger partial charge in [-0.15, -0.1) is 23.5 Å². The van der Waals surface area contributed by atoms with Crippen molar-refractivity contribution in [2.45, 2.75) is 176 Å². The quantitative estimate of drug-likeness (QED) is 0.189. The maximum absolute atomic E-state index is 14.3. The molecule has 3 aromatic carbocycles. The van der Waals surface area contributed by atoms with Gasteiger partial charge in [0.05, 0.1) is 38.4 Å². The van der Waals surface area contributed by atoms with Crippen LogP contribution in [0.5, 0.6) is 0 Å². The third-order valence-electron chi connectivity index (χ3n) is 13.0. The van der Waals surface area contributed by atoms with Crippen molar-refractivity contribution in [1.82, 2.24) is 15.1 Å². The van der Waals surface area contributed by atoms with Crippen LogP contribution in [0.4, 0.5) is 36.8 Å². The fourth-order valence-corrected chi connectivity index (χ4v) is 11.8. The highest BCUT2D eigenvalue weighted by Crippen LogP contribution is 2.46. The van der Waals surface area contributed by atoms with E-state index in [1.807, 2.05) is 58.0 Å². The molecular formula is C51H62F6N4O6S2. The van der Waals surface area contributed by atoms with E-state index in [0.29, 0.717) is 10.5 Å². The molecule has 0 bridgehead atoms. The van der Waals surface area contributed by atoms with Crippen LogP contribution in [0.15, 0.2) is 64.4 Å². The Bertz CT molecular complexity index is 2330. The predicted molar refractivity (Wildman–Crippen MR) is 256 cm³/mol. The van der Waals surface area contributed by atoms with Crippen LogP contribution in [0.1, 0.15) is 149 Å². The molecule has 10 nitrogen and oxygen atoms in total. The lowest BCUT2D eigenvalue weighted by atomic mass is 9.91. The van der Waals surface area contributed by atoms with Crippen molar-refractivity contribution in [2.24, 2.45) is 0 Å². The Morgan fingerprint density at radius 1 is 0.710 bits per heavy atom. The molecule has 2 heterocycles. The number of rotatable bonds is 11. The summed E-state index contributed by atoms with van der Waals surface area (Å²) in [6, 6.07) is 13.1. The van der Waals surface area contributed by atoms with E-state index in [1.54, 1.807) is 23.6 Å². The highest BCUT2D eigenvalue weighted by molar-refractivity contribution is 8.01. The van der Waals surface area contributed by atoms with E-state index in [2.05, 4.69) is 5.32 Å². The Morgan fingerprint density at radius 2 is 1.20 bits per heavy atom. The number of hydrogen-bond acceptors (Lipinski definition) is 8. The van der Waals surface area contributed by atoms with Crippen molar-refractivity contribution in [2.75, 3.05) is 18.0 Å². The van der Waals surface area contributed by atoms with Crippen LogP contribution in [0, 0.1) is 0 Å². The number of hydrogen-bond donors (Lipinski definition) is 1. The molecule has 3 aromatic rings. The van der Waals surface area contributed by atoms with Gasteiger partial charge in [-0.3, -0.25) is 19.2 Å². The average molecular weight is 1010 g/mol. The third kappa shape index (κ3) is 13.2. The first-order valence-electron chi connectivity index (χ1n) is 23.8. The number of halogens is 6. The zero-order chi connectivity index (χ0) is 50.4. The number of nitrogens with zero attached hydrogens (tertiary/aromatic N) is 3. The van der Waals surface area contributed by atoms with Gasteiger partial charge >= 0.3 is 18.4 Å². The van der Waals surface area contributed by atoms with Crippen LogP contribution < -0.4 is 10.2 Å². The first-order valence-corrected chi connectivity index (χ1v) is 25.6. The molecule has 2 saturated carbocycles. The van der Waals surface area contributed by atoms with Gasteiger partial charge in [0.15, 0.2) is 0 Å². The maximum Gasteiger partial charge on any atom is 0.417 e. The summed E-state index contributed by atoms with van der Waals surface area (Å²) in [5, 5.41) is 1.59. The first kappa shape index (κ1) is 53.6. The number of anilines is 1. The van der Waals surface area contributed by atoms with Crippen LogP contribution in [-0.4, -0.2) is 87.2 Å². The van der Waals surface area contributed by atoms with Crippen molar-refractivity contribution < 1.29 is 55.1 Å². The highest BCUT2D eigenvalue weighted by Gasteiger charge is 2.43. The van der Waals surface area contributed by atoms with Crippen molar-refractivity contribution in [3.8, 4) is 0 Å². The van der Waals surface area contributed by atoms with Gasteiger partial charge < -0.3 is 24.8 Å². The molecule has 69 heavy (non-hydrogen) atoms. The molecule has 2 aliphatic carbocycles. The number of alkyl halides is 6. The summed E-state index contributed by atoms with van der Waals surface area (Å²) >= 11 is 2.17. The molecule has 1 N–H and O–H groups in total. The minimum absolute atomic E-state index is 0.00663. The number of amides is 4. The Labute approximate surface area is 409 Å². The molecular weight excluding hydrogens is 943 g/mol. The van der Waals surface area contributed by atoms with Gasteiger partial charge in [-0.05, 0) is 103 Å². The molecule has 0 aromatic heterocycles. The van der Waals surface area contributed by atoms with E-state index >= 15 is 0 Å². The van der Waals surface area contributed by atoms with E-state index in [-0.39, 0.29) is 83.4 Å². The minimum Gasteiger partial charge on any atom is -0.445 e. The predicted octanol–water partition coefficient (Wildman–Crippen LogP) is 12.1. The summed E-state index contributed by atoms with van der Waals surface area (Å²) in [6.45, 7) is 10.7. The number of alkyl carbamates (subject to hydrolysis) is 1. The third-order valence-corrected chi connectivity index (χ3v) is 15.4. The lowest BCUT2D eigenvalue weighted by molar-refractivity contribution is -0.139. The van der Waals surface area contributed by atoms with E-state index in [4.69, 9.17) is 4.74 Å². The second-order valence-electron chi connectivity index (χ2n) is 18.7. The fraction of sp³-hybridized carbons (Fsp3) is 0.549. The summed E-state index contributed by atoms with van der Waals surface area (Å²) < 4.78 is 89.6. The summed E-state index contributed by atoms with van der Waals surface area (Å²) in [6.07, 6.45) is -0.868. The molecule has 4 aliphatic rings. The number of ketones is 1. The van der Waals surface area contributed by atoms with E-state index < -0.39 is 52.2 Å². The van der Waals surface area contributed by atoms with Gasteiger partial charge in [-0.1, -0.05) is 68.9 Å². The number of carbonyl (C=O) groups excluding carboxylic acids is 5. The Balaban J connectivity index is 0.000000243. The number of Topliss-reactive ketones (excluding diaryl/α,β-unsaturated/α-hetero) is 1. The van der Waals surface area contributed by atoms with Crippen LogP contribution in [0.25, 0.3) is 0 Å². The molecule has 2 fully saturated rings. The Kier molecular flexibility index (Phi) is 17.9. The summed E-state index contributed by atoms with van der Waals surface area (Å²) in [5.41, 5.74) is -1.11. The number of nitrogens with one attached hydrogen (secondary N) is 1. The fourth-order valence-electron chi connectivity index (χ4n) is 9.65. The molecule has 0 spiro atoms. The van der Waals surface area contributed by atoms with Crippen LogP contribution >= 0.6 is 23.5 Å². The van der Waals surface area contributed by atoms with E-state index in [0.717, 1.165) is 105 Å². The largest absolute Gasteiger partial charge is 0.445 e. The molecule has 376 valence electrons. The van der Waals surface area contributed by atoms with Crippen molar-refractivity contribution in [3.05, 3.63) is 88.0 Å². The highest BCUT2D eigenvalue weighted by atomic mass is 32.2. The summed E-state index contributed by atoms with van der Waals surface area (Å²) in [4.78, 5) is 69.9. The topological polar surface area (TPSA) is 116 Å². The van der Waals surface area contributed by atoms with E-state index in [9.17, 15) is 50.3 Å². The van der Waals surface area contributed by atoms with Crippen LogP contribution in [0.2, 0.25) is 0 Å². The molecule has 0 radical (unpaired) electrons. The maximum atomic E-state index is 14.3. The number of fused-ring (bicyclic) bond motifs is 2. The molecule has 7 rings (SSSR count). The Hall–Kier alpha value is -4.71. The SMILES string of the molecule is CC1Sc2cc(C(F)(F)F)c(C(=O)N(C(C)C)C3CCCCC3)cc2CC1=O.CC1Sc2cc(C(F)(F)F)c(C(=O)N(C(C)C)C3CCCCC3)cc2N(CCNC(=O)OCc2ccccc2)C1=O. The standard InChI is InChI=1S/C30H36F3N3O4S.C21H26F3NO2S/c1-19(2)36(22-12-8-5-9-13-22)28(38)23-16-25-26(17-24(23)30(31,32)33)41-20(3)27(37)35(25)15-14-34-29(39)40-18-21-10-6-4-7-11-21;1-12(2)25(15-7-5-4-6-8-15)20(27)16-9-14-10-18(26)13(3)28-19(14)11-17(16)21(22,23)24/h4,6-7,10-11,16-17,19-20,22H,5,8-9,12-15,18H2,1-3H3,(H,34,39);9,11-13,15H,4-8,10H2,1-3H3. The van der Waals surface area contributed by atoms with Crippen LogP contribution in [0.3, 0.4) is 0 Å². The van der Waals surface area contributed by atoms with Crippen molar-refractivity contribution >= 4 is 58.8 Å². The van der Waals surface area contributed by atoms with Gasteiger partial charge in [0, 0.05) is 53.5 Å². The zero-order valence-electron chi connectivity index (χ0n) is 39.9. The van der Waals surface area contributed by atoms with E-state index in [1.165, 1.54) is 17.0 Å². The average Bonchev–Trinajstić information content (AvgIpc) is 3.29. The number of thioether (sulfide) groups is 2. The molecule has 2 atom stereocenters. The van der Waals surface area contributed by atoms with Gasteiger partial charge in [0.1, 0.15) is 12.4 Å². The number of benzene rings is 3. The molecule has 18 heteroatoms. The van der Waals surface area contributed by atoms with Gasteiger partial charge in [0.25, 0.3) is 11.8 Å². The molecule has 2 aliphatic heterocycles. The van der Waals surface area contributed by atoms with Gasteiger partial charge in [0.2, 0.25) is 5.91 Å². The lowest BCUT2D eigenvalue weighted by Crippen LogP contribution is -2.47. The van der Waals surface area contributed by atoms with Crippen molar-refractivity contribution in [1.29, 1.82) is 0 Å². The summed E-state index contributed by atoms with van der Waals surface area (Å²) in [5.74, 6) is -1.59. The monoisotopic (exact) mass is 1000 g/mol. The zero-order valence-corrected chi connectivity index (χ0v) is 41.6. The minimum atomic E-state index is -4.75. The van der Waals surface area contributed by atoms with Crippen molar-refractivity contribution in [3.63, 3.8) is 0 Å². The summed E-state index contributed by atoms with van der Waals surface area (Å²) in [7, 11) is 0. The van der Waals surface area contributed by atoms with Gasteiger partial charge in [-0.25, -0.2) is 4.79 Å².